The van der Waals surface area contributed by atoms with Gasteiger partial charge in [0.1, 0.15) is 0 Å². The van der Waals surface area contributed by atoms with Gasteiger partial charge in [0.15, 0.2) is 0 Å². The summed E-state index contributed by atoms with van der Waals surface area (Å²) in [4.78, 5) is 24.0. The highest BCUT2D eigenvalue weighted by Gasteiger charge is 2.27. The summed E-state index contributed by atoms with van der Waals surface area (Å²) >= 11 is 0. The minimum absolute atomic E-state index is 0.0878. The van der Waals surface area contributed by atoms with Crippen LogP contribution >= 0.6 is 0 Å². The number of nitrogens with one attached hydrogen (secondary N) is 1. The highest BCUT2D eigenvalue weighted by molar-refractivity contribution is 7.89. The van der Waals surface area contributed by atoms with E-state index in [0.717, 1.165) is 6.07 Å². The predicted molar refractivity (Wildman–Crippen MR) is 85.3 cm³/mol. The average molecular weight is 356 g/mol. The van der Waals surface area contributed by atoms with E-state index in [2.05, 4.69) is 4.72 Å². The Morgan fingerprint density at radius 3 is 2.58 bits per heavy atom. The molecule has 1 aliphatic rings. The van der Waals surface area contributed by atoms with Crippen LogP contribution in [0.5, 0.6) is 0 Å². The number of hydrogen-bond donors (Lipinski definition) is 2. The van der Waals surface area contributed by atoms with Crippen LogP contribution in [0.1, 0.15) is 30.1 Å². The highest BCUT2D eigenvalue weighted by Crippen LogP contribution is 2.17. The second-order valence-corrected chi connectivity index (χ2v) is 7.13. The number of amides is 1. The standard InChI is InChI=1S/C15H20N2O6S/c1-2-23-15(20)17-8-6-12(7-9-17)16-24(21,22)13-5-3-4-11(10-13)14(18)19/h3-5,10,12,16H,2,6-9H2,1H3,(H,18,19). The van der Waals surface area contributed by atoms with Crippen LogP contribution in [-0.2, 0) is 14.8 Å². The fourth-order valence-corrected chi connectivity index (χ4v) is 3.83. The number of sulfonamides is 1. The first-order valence-electron chi connectivity index (χ1n) is 7.61. The third-order valence-corrected chi connectivity index (χ3v) is 5.25. The molecule has 1 fully saturated rings. The number of piperidine rings is 1. The zero-order valence-electron chi connectivity index (χ0n) is 13.3. The van der Waals surface area contributed by atoms with Crippen molar-refractivity contribution in [3.8, 4) is 0 Å². The number of carbonyl (C=O) groups is 2. The van der Waals surface area contributed by atoms with Crippen molar-refractivity contribution in [2.45, 2.75) is 30.7 Å². The molecular formula is C15H20N2O6S. The largest absolute Gasteiger partial charge is 0.478 e. The lowest BCUT2D eigenvalue weighted by molar-refractivity contribution is 0.0696. The lowest BCUT2D eigenvalue weighted by Gasteiger charge is -2.31. The lowest BCUT2D eigenvalue weighted by Crippen LogP contribution is -2.46. The quantitative estimate of drug-likeness (QED) is 0.822. The molecule has 1 aliphatic heterocycles. The molecule has 1 aromatic carbocycles. The number of hydrogen-bond acceptors (Lipinski definition) is 5. The molecule has 0 spiro atoms. The van der Waals surface area contributed by atoms with Gasteiger partial charge in [-0.3, -0.25) is 0 Å². The Morgan fingerprint density at radius 2 is 2.00 bits per heavy atom. The second kappa shape index (κ2) is 7.63. The molecule has 132 valence electrons. The number of carboxylic acid groups (broad SMARTS) is 1. The van der Waals surface area contributed by atoms with Crippen molar-refractivity contribution in [1.82, 2.24) is 9.62 Å². The summed E-state index contributed by atoms with van der Waals surface area (Å²) in [7, 11) is -3.81. The number of nitrogens with zero attached hydrogens (tertiary/aromatic N) is 1. The van der Waals surface area contributed by atoms with Crippen LogP contribution in [0.3, 0.4) is 0 Å². The molecule has 1 saturated heterocycles. The molecule has 2 N–H and O–H groups in total. The summed E-state index contributed by atoms with van der Waals surface area (Å²) in [6, 6.07) is 4.88. The van der Waals surface area contributed by atoms with E-state index >= 15 is 0 Å². The minimum atomic E-state index is -3.81. The fourth-order valence-electron chi connectivity index (χ4n) is 2.48. The molecule has 1 amide bonds. The Kier molecular flexibility index (Phi) is 5.79. The van der Waals surface area contributed by atoms with Gasteiger partial charge in [-0.25, -0.2) is 22.7 Å². The molecule has 0 unspecified atom stereocenters. The summed E-state index contributed by atoms with van der Waals surface area (Å²) in [5.74, 6) is -1.19. The summed E-state index contributed by atoms with van der Waals surface area (Å²) in [6.07, 6.45) is 0.542. The molecule has 0 atom stereocenters. The van der Waals surface area contributed by atoms with E-state index in [-0.39, 0.29) is 16.5 Å². The van der Waals surface area contributed by atoms with Gasteiger partial charge in [0.05, 0.1) is 17.1 Å². The number of carboxylic acids is 1. The normalized spacial score (nSPS) is 16.0. The number of ether oxygens (including phenoxy) is 1. The molecule has 0 aromatic heterocycles. The lowest BCUT2D eigenvalue weighted by atomic mass is 10.1. The first kappa shape index (κ1) is 18.2. The predicted octanol–water partition coefficient (Wildman–Crippen LogP) is 1.28. The number of carbonyl (C=O) groups excluding carboxylic acids is 1. The molecule has 0 aliphatic carbocycles. The molecule has 24 heavy (non-hydrogen) atoms. The van der Waals surface area contributed by atoms with Crippen molar-refractivity contribution in [2.24, 2.45) is 0 Å². The molecule has 0 saturated carbocycles. The Morgan fingerprint density at radius 1 is 1.33 bits per heavy atom. The van der Waals surface area contributed by atoms with Gasteiger partial charge in [-0.05, 0) is 38.0 Å². The number of likely N-dealkylation sites (tertiary alicyclic amines) is 1. The van der Waals surface area contributed by atoms with Crippen LogP contribution in [0.4, 0.5) is 4.79 Å². The Bertz CT molecular complexity index is 710. The molecule has 1 aromatic rings. The van der Waals surface area contributed by atoms with E-state index in [1.807, 2.05) is 0 Å². The number of aromatic carboxylic acids is 1. The number of rotatable bonds is 5. The zero-order chi connectivity index (χ0) is 17.7. The number of benzene rings is 1. The zero-order valence-corrected chi connectivity index (χ0v) is 14.1. The fraction of sp³-hybridized carbons (Fsp3) is 0.467. The summed E-state index contributed by atoms with van der Waals surface area (Å²) in [5, 5.41) is 8.96. The minimum Gasteiger partial charge on any atom is -0.478 e. The van der Waals surface area contributed by atoms with Gasteiger partial charge in [-0.15, -0.1) is 0 Å². The van der Waals surface area contributed by atoms with Gasteiger partial charge in [-0.1, -0.05) is 6.07 Å². The Labute approximate surface area is 140 Å². The van der Waals surface area contributed by atoms with Gasteiger partial charge in [-0.2, -0.15) is 0 Å². The SMILES string of the molecule is CCOC(=O)N1CCC(NS(=O)(=O)c2cccc(C(=O)O)c2)CC1. The highest BCUT2D eigenvalue weighted by atomic mass is 32.2. The van der Waals surface area contributed by atoms with Gasteiger partial charge < -0.3 is 14.7 Å². The van der Waals surface area contributed by atoms with Crippen LogP contribution < -0.4 is 4.72 Å². The maximum atomic E-state index is 12.4. The van der Waals surface area contributed by atoms with E-state index in [0.29, 0.717) is 32.5 Å². The van der Waals surface area contributed by atoms with E-state index in [1.54, 1.807) is 11.8 Å². The van der Waals surface area contributed by atoms with Crippen LogP contribution in [0, 0.1) is 0 Å². The molecular weight excluding hydrogens is 336 g/mol. The monoisotopic (exact) mass is 356 g/mol. The van der Waals surface area contributed by atoms with E-state index in [1.165, 1.54) is 18.2 Å². The molecule has 8 nitrogen and oxygen atoms in total. The van der Waals surface area contributed by atoms with Crippen LogP contribution in [0.2, 0.25) is 0 Å². The first-order valence-corrected chi connectivity index (χ1v) is 9.09. The van der Waals surface area contributed by atoms with Crippen molar-refractivity contribution in [2.75, 3.05) is 19.7 Å². The summed E-state index contributed by atoms with van der Waals surface area (Å²) < 4.78 is 32.3. The third-order valence-electron chi connectivity index (χ3n) is 3.73. The van der Waals surface area contributed by atoms with Crippen molar-refractivity contribution in [3.63, 3.8) is 0 Å². The summed E-state index contributed by atoms with van der Waals surface area (Å²) in [6.45, 7) is 2.83. The van der Waals surface area contributed by atoms with Gasteiger partial charge in [0.25, 0.3) is 0 Å². The second-order valence-electron chi connectivity index (χ2n) is 5.41. The van der Waals surface area contributed by atoms with E-state index < -0.39 is 22.1 Å². The van der Waals surface area contributed by atoms with Gasteiger partial charge in [0.2, 0.25) is 10.0 Å². The first-order chi connectivity index (χ1) is 11.3. The topological polar surface area (TPSA) is 113 Å². The maximum absolute atomic E-state index is 12.4. The van der Waals surface area contributed by atoms with E-state index in [9.17, 15) is 18.0 Å². The molecule has 9 heteroatoms. The molecule has 2 rings (SSSR count). The third kappa shape index (κ3) is 4.45. The maximum Gasteiger partial charge on any atom is 0.409 e. The van der Waals surface area contributed by atoms with Gasteiger partial charge in [0, 0.05) is 19.1 Å². The van der Waals surface area contributed by atoms with Crippen molar-refractivity contribution < 1.29 is 27.9 Å². The smallest absolute Gasteiger partial charge is 0.409 e. The van der Waals surface area contributed by atoms with Crippen LogP contribution in [0.25, 0.3) is 0 Å². The molecule has 0 bridgehead atoms. The van der Waals surface area contributed by atoms with Crippen molar-refractivity contribution >= 4 is 22.1 Å². The Balaban J connectivity index is 2.00. The van der Waals surface area contributed by atoms with E-state index in [4.69, 9.17) is 9.84 Å². The summed E-state index contributed by atoms with van der Waals surface area (Å²) in [5.41, 5.74) is -0.0880. The molecule has 0 radical (unpaired) electrons. The Hall–Kier alpha value is -2.13. The van der Waals surface area contributed by atoms with Crippen molar-refractivity contribution in [3.05, 3.63) is 29.8 Å². The van der Waals surface area contributed by atoms with Crippen LogP contribution in [0.15, 0.2) is 29.2 Å². The average Bonchev–Trinajstić information content (AvgIpc) is 2.55. The van der Waals surface area contributed by atoms with Crippen LogP contribution in [-0.4, -0.2) is 56.2 Å². The van der Waals surface area contributed by atoms with Crippen molar-refractivity contribution in [1.29, 1.82) is 0 Å². The van der Waals surface area contributed by atoms with Gasteiger partial charge >= 0.3 is 12.1 Å². The molecule has 1 heterocycles.